The van der Waals surface area contributed by atoms with Gasteiger partial charge in [-0.2, -0.15) is 0 Å². The van der Waals surface area contributed by atoms with Gasteiger partial charge in [0.2, 0.25) is 0 Å². The van der Waals surface area contributed by atoms with Gasteiger partial charge in [0.1, 0.15) is 5.82 Å². The van der Waals surface area contributed by atoms with Crippen LogP contribution in [-0.4, -0.2) is 12.1 Å². The molecule has 0 radical (unpaired) electrons. The van der Waals surface area contributed by atoms with Crippen molar-refractivity contribution in [3.8, 4) is 0 Å². The second kappa shape index (κ2) is 7.78. The highest BCUT2D eigenvalue weighted by Gasteiger charge is 2.22. The molecule has 1 aromatic carbocycles. The molecule has 1 rings (SSSR count). The van der Waals surface area contributed by atoms with Crippen molar-refractivity contribution >= 4 is 0 Å². The van der Waals surface area contributed by atoms with Gasteiger partial charge in [-0.05, 0) is 57.2 Å². The SMILES string of the molecule is CCC(CC)C(CNC(C)(C)C)Cc1ccccc1F. The Balaban J connectivity index is 2.79. The molecule has 0 aliphatic carbocycles. The van der Waals surface area contributed by atoms with Crippen molar-refractivity contribution in [1.82, 2.24) is 5.32 Å². The maximum Gasteiger partial charge on any atom is 0.126 e. The highest BCUT2D eigenvalue weighted by atomic mass is 19.1. The van der Waals surface area contributed by atoms with Gasteiger partial charge >= 0.3 is 0 Å². The molecule has 0 fully saturated rings. The van der Waals surface area contributed by atoms with Gasteiger partial charge in [0.25, 0.3) is 0 Å². The zero-order valence-corrected chi connectivity index (χ0v) is 13.7. The zero-order chi connectivity index (χ0) is 15.2. The van der Waals surface area contributed by atoms with Crippen molar-refractivity contribution in [2.75, 3.05) is 6.54 Å². The van der Waals surface area contributed by atoms with Gasteiger partial charge < -0.3 is 5.32 Å². The maximum absolute atomic E-state index is 13.9. The quantitative estimate of drug-likeness (QED) is 0.755. The molecule has 1 nitrogen and oxygen atoms in total. The van der Waals surface area contributed by atoms with Crippen molar-refractivity contribution in [3.05, 3.63) is 35.6 Å². The molecule has 0 bridgehead atoms. The average Bonchev–Trinajstić information content (AvgIpc) is 2.38. The van der Waals surface area contributed by atoms with Crippen LogP contribution < -0.4 is 5.32 Å². The summed E-state index contributed by atoms with van der Waals surface area (Å²) in [5.41, 5.74) is 0.958. The van der Waals surface area contributed by atoms with E-state index in [1.807, 2.05) is 12.1 Å². The fourth-order valence-corrected chi connectivity index (χ4v) is 2.74. The molecule has 1 N–H and O–H groups in total. The van der Waals surface area contributed by atoms with Crippen LogP contribution in [0.25, 0.3) is 0 Å². The summed E-state index contributed by atoms with van der Waals surface area (Å²) in [6.07, 6.45) is 3.13. The Labute approximate surface area is 124 Å². The van der Waals surface area contributed by atoms with Gasteiger partial charge in [0, 0.05) is 5.54 Å². The van der Waals surface area contributed by atoms with Crippen LogP contribution in [0.15, 0.2) is 24.3 Å². The third kappa shape index (κ3) is 5.62. The Bertz CT molecular complexity index is 391. The fourth-order valence-electron chi connectivity index (χ4n) is 2.74. The minimum Gasteiger partial charge on any atom is -0.312 e. The van der Waals surface area contributed by atoms with Crippen molar-refractivity contribution in [1.29, 1.82) is 0 Å². The molecule has 1 aromatic rings. The van der Waals surface area contributed by atoms with Gasteiger partial charge in [-0.1, -0.05) is 44.9 Å². The van der Waals surface area contributed by atoms with E-state index in [9.17, 15) is 4.39 Å². The van der Waals surface area contributed by atoms with Crippen LogP contribution >= 0.6 is 0 Å². The van der Waals surface area contributed by atoms with Gasteiger partial charge in [0.05, 0.1) is 0 Å². The third-order valence-electron chi connectivity index (χ3n) is 4.05. The van der Waals surface area contributed by atoms with E-state index in [2.05, 4.69) is 39.9 Å². The molecule has 0 aromatic heterocycles. The monoisotopic (exact) mass is 279 g/mol. The van der Waals surface area contributed by atoms with E-state index >= 15 is 0 Å². The number of nitrogens with one attached hydrogen (secondary N) is 1. The van der Waals surface area contributed by atoms with Gasteiger partial charge in [-0.25, -0.2) is 4.39 Å². The third-order valence-corrected chi connectivity index (χ3v) is 4.05. The largest absolute Gasteiger partial charge is 0.312 e. The average molecular weight is 279 g/mol. The van der Waals surface area contributed by atoms with Gasteiger partial charge in [-0.15, -0.1) is 0 Å². The molecule has 1 unspecified atom stereocenters. The second-order valence-electron chi connectivity index (χ2n) is 6.76. The fraction of sp³-hybridized carbons (Fsp3) is 0.667. The lowest BCUT2D eigenvalue weighted by atomic mass is 9.82. The molecule has 114 valence electrons. The smallest absolute Gasteiger partial charge is 0.126 e. The minimum atomic E-state index is -0.0702. The molecule has 0 aliphatic rings. The maximum atomic E-state index is 13.9. The zero-order valence-electron chi connectivity index (χ0n) is 13.7. The van der Waals surface area contributed by atoms with Crippen LogP contribution in [0.2, 0.25) is 0 Å². The van der Waals surface area contributed by atoms with E-state index in [1.165, 1.54) is 0 Å². The van der Waals surface area contributed by atoms with E-state index in [4.69, 9.17) is 0 Å². The lowest BCUT2D eigenvalue weighted by molar-refractivity contribution is 0.268. The summed E-state index contributed by atoms with van der Waals surface area (Å²) in [5.74, 6) is 1.06. The summed E-state index contributed by atoms with van der Waals surface area (Å²) in [5, 5.41) is 3.59. The first-order valence-corrected chi connectivity index (χ1v) is 7.85. The molecule has 2 heteroatoms. The topological polar surface area (TPSA) is 12.0 Å². The van der Waals surface area contributed by atoms with E-state index in [1.54, 1.807) is 12.1 Å². The highest BCUT2D eigenvalue weighted by molar-refractivity contribution is 5.18. The minimum absolute atomic E-state index is 0.0702. The van der Waals surface area contributed by atoms with Crippen molar-refractivity contribution in [2.45, 2.75) is 59.4 Å². The van der Waals surface area contributed by atoms with Crippen LogP contribution in [-0.2, 0) is 6.42 Å². The molecule has 0 saturated heterocycles. The van der Waals surface area contributed by atoms with Crippen LogP contribution in [0, 0.1) is 17.7 Å². The van der Waals surface area contributed by atoms with E-state index in [0.29, 0.717) is 11.8 Å². The molecule has 0 saturated carbocycles. The second-order valence-corrected chi connectivity index (χ2v) is 6.76. The van der Waals surface area contributed by atoms with Gasteiger partial charge in [-0.3, -0.25) is 0 Å². The number of hydrogen-bond donors (Lipinski definition) is 1. The van der Waals surface area contributed by atoms with Crippen molar-refractivity contribution < 1.29 is 4.39 Å². The normalized spacial score (nSPS) is 13.8. The van der Waals surface area contributed by atoms with Crippen LogP contribution in [0.4, 0.5) is 4.39 Å². The molecular weight excluding hydrogens is 249 g/mol. The summed E-state index contributed by atoms with van der Waals surface area (Å²) in [6.45, 7) is 12.0. The van der Waals surface area contributed by atoms with Crippen molar-refractivity contribution in [2.24, 2.45) is 11.8 Å². The van der Waals surface area contributed by atoms with E-state index < -0.39 is 0 Å². The van der Waals surface area contributed by atoms with Crippen molar-refractivity contribution in [3.63, 3.8) is 0 Å². The molecule has 20 heavy (non-hydrogen) atoms. The van der Waals surface area contributed by atoms with Crippen LogP contribution in [0.3, 0.4) is 0 Å². The Kier molecular flexibility index (Phi) is 6.67. The first kappa shape index (κ1) is 17.2. The Morgan fingerprint density at radius 3 is 2.15 bits per heavy atom. The number of benzene rings is 1. The summed E-state index contributed by atoms with van der Waals surface area (Å²) in [4.78, 5) is 0. The summed E-state index contributed by atoms with van der Waals surface area (Å²) in [6, 6.07) is 7.18. The van der Waals surface area contributed by atoms with Gasteiger partial charge in [0.15, 0.2) is 0 Å². The Morgan fingerprint density at radius 1 is 1.05 bits per heavy atom. The summed E-state index contributed by atoms with van der Waals surface area (Å²) in [7, 11) is 0. The van der Waals surface area contributed by atoms with Crippen LogP contribution in [0.5, 0.6) is 0 Å². The highest BCUT2D eigenvalue weighted by Crippen LogP contribution is 2.25. The molecule has 0 amide bonds. The predicted octanol–water partition coefficient (Wildman–Crippen LogP) is 4.81. The Morgan fingerprint density at radius 2 is 1.65 bits per heavy atom. The lowest BCUT2D eigenvalue weighted by Crippen LogP contribution is -2.41. The number of hydrogen-bond acceptors (Lipinski definition) is 1. The first-order chi connectivity index (χ1) is 9.37. The number of rotatable bonds is 7. The van der Waals surface area contributed by atoms with Crippen LogP contribution in [0.1, 0.15) is 53.0 Å². The van der Waals surface area contributed by atoms with E-state index in [0.717, 1.165) is 31.4 Å². The molecule has 0 heterocycles. The molecule has 1 atom stereocenters. The molecular formula is C18H30FN. The summed E-state index contributed by atoms with van der Waals surface area (Å²) >= 11 is 0. The summed E-state index contributed by atoms with van der Waals surface area (Å²) < 4.78 is 13.9. The predicted molar refractivity (Wildman–Crippen MR) is 85.4 cm³/mol. The first-order valence-electron chi connectivity index (χ1n) is 7.85. The molecule has 0 spiro atoms. The molecule has 0 aliphatic heterocycles. The van der Waals surface area contributed by atoms with E-state index in [-0.39, 0.29) is 11.4 Å². The standard InChI is InChI=1S/C18H30FN/c1-6-14(7-2)16(13-20-18(3,4)5)12-15-10-8-9-11-17(15)19/h8-11,14,16,20H,6-7,12-13H2,1-5H3. The number of halogens is 1. The Hall–Kier alpha value is -0.890. The lowest BCUT2D eigenvalue weighted by Gasteiger charge is -2.30.